The third-order valence-corrected chi connectivity index (χ3v) is 5.16. The first-order valence-corrected chi connectivity index (χ1v) is 8.84. The Bertz CT molecular complexity index is 1200. The highest BCUT2D eigenvalue weighted by Crippen LogP contribution is 2.34. The van der Waals surface area contributed by atoms with Crippen LogP contribution in [0.2, 0.25) is 10.0 Å². The average Bonchev–Trinajstić information content (AvgIpc) is 2.65. The van der Waals surface area contributed by atoms with Crippen molar-refractivity contribution >= 4 is 34.1 Å². The minimum atomic E-state index is -0.153. The summed E-state index contributed by atoms with van der Waals surface area (Å²) in [4.78, 5) is 20.0. The normalized spacial score (nSPS) is 11.0. The predicted molar refractivity (Wildman–Crippen MR) is 108 cm³/mol. The summed E-state index contributed by atoms with van der Waals surface area (Å²) in [6.45, 7) is 1.95. The van der Waals surface area contributed by atoms with Gasteiger partial charge in [-0.1, -0.05) is 65.7 Å². The number of para-hydroxylation sites is 1. The molecule has 0 radical (unpaired) electrons. The van der Waals surface area contributed by atoms with E-state index >= 15 is 0 Å². The molecule has 0 aliphatic heterocycles. The van der Waals surface area contributed by atoms with Gasteiger partial charge in [-0.25, -0.2) is 4.98 Å². The number of halogens is 2. The summed E-state index contributed by atoms with van der Waals surface area (Å²) in [5.74, 6) is 0.525. The van der Waals surface area contributed by atoms with E-state index in [1.807, 2.05) is 55.5 Å². The number of benzene rings is 3. The summed E-state index contributed by atoms with van der Waals surface area (Å²) in [6, 6.07) is 18.8. The Labute approximate surface area is 160 Å². The van der Waals surface area contributed by atoms with Crippen molar-refractivity contribution in [2.75, 3.05) is 0 Å². The first-order valence-electron chi connectivity index (χ1n) is 8.09. The van der Waals surface area contributed by atoms with Crippen LogP contribution in [0.15, 0.2) is 65.5 Å². The van der Waals surface area contributed by atoms with Crippen LogP contribution in [-0.2, 0) is 0 Å². The molecule has 0 saturated carbocycles. The van der Waals surface area contributed by atoms with Crippen LogP contribution < -0.4 is 5.56 Å². The van der Waals surface area contributed by atoms with Crippen LogP contribution in [0, 0.1) is 6.92 Å². The second-order valence-electron chi connectivity index (χ2n) is 6.07. The van der Waals surface area contributed by atoms with Gasteiger partial charge >= 0.3 is 0 Å². The number of aryl methyl sites for hydroxylation is 1. The van der Waals surface area contributed by atoms with Crippen LogP contribution in [0.3, 0.4) is 0 Å². The van der Waals surface area contributed by atoms with Crippen molar-refractivity contribution in [3.05, 3.63) is 86.6 Å². The lowest BCUT2D eigenvalue weighted by atomic mass is 10.0. The summed E-state index contributed by atoms with van der Waals surface area (Å²) in [5, 5.41) is 1.59. The molecular weight excluding hydrogens is 367 g/mol. The molecule has 26 heavy (non-hydrogen) atoms. The predicted octanol–water partition coefficient (Wildman–Crippen LogP) is 5.87. The fourth-order valence-corrected chi connectivity index (χ4v) is 3.41. The lowest BCUT2D eigenvalue weighted by Crippen LogP contribution is -2.10. The fourth-order valence-electron chi connectivity index (χ4n) is 3.00. The van der Waals surface area contributed by atoms with Gasteiger partial charge in [0.1, 0.15) is 5.82 Å². The summed E-state index contributed by atoms with van der Waals surface area (Å²) in [7, 11) is 0. The molecule has 0 fully saturated rings. The Morgan fingerprint density at radius 2 is 1.65 bits per heavy atom. The summed E-state index contributed by atoms with van der Waals surface area (Å²) < 4.78 is 0. The summed E-state index contributed by atoms with van der Waals surface area (Å²) in [5.41, 5.74) is 4.06. The quantitative estimate of drug-likeness (QED) is 0.472. The van der Waals surface area contributed by atoms with Gasteiger partial charge in [-0.2, -0.15) is 0 Å². The molecule has 1 N–H and O–H groups in total. The standard InChI is InChI=1S/C21H14Cl2N2O/c1-12-5-2-9-16-19(12)24-20(25-21(16)26)14-7-3-6-13(11-14)15-8-4-10-17(22)18(15)23/h2-11H,1H3,(H,24,25,26). The van der Waals surface area contributed by atoms with E-state index < -0.39 is 0 Å². The molecule has 3 aromatic carbocycles. The molecule has 3 nitrogen and oxygen atoms in total. The topological polar surface area (TPSA) is 45.8 Å². The van der Waals surface area contributed by atoms with E-state index in [9.17, 15) is 4.79 Å². The van der Waals surface area contributed by atoms with Crippen molar-refractivity contribution in [3.63, 3.8) is 0 Å². The Morgan fingerprint density at radius 3 is 2.50 bits per heavy atom. The number of H-pyrrole nitrogens is 1. The minimum Gasteiger partial charge on any atom is -0.306 e. The molecule has 0 atom stereocenters. The minimum absolute atomic E-state index is 0.153. The number of rotatable bonds is 2. The van der Waals surface area contributed by atoms with Gasteiger partial charge in [-0.15, -0.1) is 0 Å². The SMILES string of the molecule is Cc1cccc2c(=O)[nH]c(-c3cccc(-c4cccc(Cl)c4Cl)c3)nc12. The van der Waals surface area contributed by atoms with Gasteiger partial charge in [0.2, 0.25) is 0 Å². The van der Waals surface area contributed by atoms with Crippen LogP contribution in [0.4, 0.5) is 0 Å². The van der Waals surface area contributed by atoms with E-state index in [1.54, 1.807) is 12.1 Å². The van der Waals surface area contributed by atoms with E-state index in [2.05, 4.69) is 9.97 Å². The molecule has 128 valence electrons. The number of aromatic nitrogens is 2. The molecular formula is C21H14Cl2N2O. The lowest BCUT2D eigenvalue weighted by molar-refractivity contribution is 1.17. The maximum Gasteiger partial charge on any atom is 0.259 e. The third-order valence-electron chi connectivity index (χ3n) is 4.34. The molecule has 0 spiro atoms. The lowest BCUT2D eigenvalue weighted by Gasteiger charge is -2.09. The molecule has 4 rings (SSSR count). The van der Waals surface area contributed by atoms with E-state index in [1.165, 1.54) is 0 Å². The van der Waals surface area contributed by atoms with E-state index in [0.29, 0.717) is 26.8 Å². The Morgan fingerprint density at radius 1 is 0.923 bits per heavy atom. The van der Waals surface area contributed by atoms with Gasteiger partial charge in [0, 0.05) is 11.1 Å². The molecule has 0 aliphatic carbocycles. The molecule has 0 amide bonds. The highest BCUT2D eigenvalue weighted by molar-refractivity contribution is 6.43. The second-order valence-corrected chi connectivity index (χ2v) is 6.85. The van der Waals surface area contributed by atoms with Crippen molar-refractivity contribution in [1.29, 1.82) is 0 Å². The monoisotopic (exact) mass is 380 g/mol. The van der Waals surface area contributed by atoms with Gasteiger partial charge in [0.25, 0.3) is 5.56 Å². The number of nitrogens with one attached hydrogen (secondary N) is 1. The van der Waals surface area contributed by atoms with Crippen molar-refractivity contribution in [3.8, 4) is 22.5 Å². The van der Waals surface area contributed by atoms with Gasteiger partial charge in [0.15, 0.2) is 0 Å². The molecule has 0 bridgehead atoms. The maximum atomic E-state index is 12.4. The van der Waals surface area contributed by atoms with Crippen LogP contribution in [0.1, 0.15) is 5.56 Å². The molecule has 1 aromatic heterocycles. The number of nitrogens with zero attached hydrogens (tertiary/aromatic N) is 1. The third kappa shape index (κ3) is 2.90. The molecule has 0 saturated heterocycles. The van der Waals surface area contributed by atoms with Crippen molar-refractivity contribution in [1.82, 2.24) is 9.97 Å². The molecule has 1 heterocycles. The van der Waals surface area contributed by atoms with Crippen molar-refractivity contribution in [2.45, 2.75) is 6.92 Å². The highest BCUT2D eigenvalue weighted by Gasteiger charge is 2.11. The summed E-state index contributed by atoms with van der Waals surface area (Å²) in [6.07, 6.45) is 0. The van der Waals surface area contributed by atoms with Crippen LogP contribution in [-0.4, -0.2) is 9.97 Å². The van der Waals surface area contributed by atoms with Crippen molar-refractivity contribution in [2.24, 2.45) is 0 Å². The second kappa shape index (κ2) is 6.60. The molecule has 5 heteroatoms. The average molecular weight is 381 g/mol. The summed E-state index contributed by atoms with van der Waals surface area (Å²) >= 11 is 12.5. The molecule has 0 unspecified atom stereocenters. The number of fused-ring (bicyclic) bond motifs is 1. The largest absolute Gasteiger partial charge is 0.306 e. The zero-order chi connectivity index (χ0) is 18.3. The number of hydrogen-bond donors (Lipinski definition) is 1. The molecule has 0 aliphatic rings. The number of aromatic amines is 1. The van der Waals surface area contributed by atoms with Gasteiger partial charge in [-0.3, -0.25) is 4.79 Å². The van der Waals surface area contributed by atoms with E-state index in [0.717, 1.165) is 22.3 Å². The fraction of sp³-hybridized carbons (Fsp3) is 0.0476. The van der Waals surface area contributed by atoms with E-state index in [-0.39, 0.29) is 5.56 Å². The first-order chi connectivity index (χ1) is 12.5. The van der Waals surface area contributed by atoms with Crippen LogP contribution >= 0.6 is 23.2 Å². The smallest absolute Gasteiger partial charge is 0.259 e. The van der Waals surface area contributed by atoms with Gasteiger partial charge in [0.05, 0.1) is 20.9 Å². The zero-order valence-electron chi connectivity index (χ0n) is 13.9. The zero-order valence-corrected chi connectivity index (χ0v) is 15.4. The van der Waals surface area contributed by atoms with E-state index in [4.69, 9.17) is 23.2 Å². The maximum absolute atomic E-state index is 12.4. The number of hydrogen-bond acceptors (Lipinski definition) is 2. The Balaban J connectivity index is 1.90. The Kier molecular flexibility index (Phi) is 4.27. The van der Waals surface area contributed by atoms with Gasteiger partial charge < -0.3 is 4.98 Å². The van der Waals surface area contributed by atoms with Crippen molar-refractivity contribution < 1.29 is 0 Å². The highest BCUT2D eigenvalue weighted by atomic mass is 35.5. The Hall–Kier alpha value is -2.62. The van der Waals surface area contributed by atoms with Gasteiger partial charge in [-0.05, 0) is 36.2 Å². The van der Waals surface area contributed by atoms with Crippen LogP contribution in [0.25, 0.3) is 33.4 Å². The van der Waals surface area contributed by atoms with Crippen LogP contribution in [0.5, 0.6) is 0 Å². The molecule has 4 aromatic rings. The first kappa shape index (κ1) is 16.8.